The summed E-state index contributed by atoms with van der Waals surface area (Å²) in [6.07, 6.45) is 0.419. The summed E-state index contributed by atoms with van der Waals surface area (Å²) in [5, 5.41) is 22.6. The number of phenols is 1. The fourth-order valence-corrected chi connectivity index (χ4v) is 4.06. The van der Waals surface area contributed by atoms with Gasteiger partial charge in [0.05, 0.1) is 12.0 Å². The number of nitrogens with one attached hydrogen (secondary N) is 1. The summed E-state index contributed by atoms with van der Waals surface area (Å²) in [6.45, 7) is 10.2. The second-order valence-electron chi connectivity index (χ2n) is 11.6. The molecule has 0 saturated carbocycles. The second-order valence-corrected chi connectivity index (χ2v) is 11.6. The standard InChI is InChI=1S/C30H40N2O8/c1-29(2,3)39-26(35)17-23(28(38)40-30(4,5)6)32-25(34)15-11-18-8-7-9-24(33)21(18)13-10-19-16-20(31)12-14-22(19)27(36)37/h7-9,12,14,16,23,33H,10-11,13,15,17,31H2,1-6H3,(H,32,34)(H,36,37). The predicted octanol–water partition coefficient (Wildman–Crippen LogP) is 3.95. The maximum atomic E-state index is 12.9. The number of esters is 2. The molecule has 0 saturated heterocycles. The zero-order valence-electron chi connectivity index (χ0n) is 24.0. The largest absolute Gasteiger partial charge is 0.508 e. The zero-order chi connectivity index (χ0) is 30.3. The van der Waals surface area contributed by atoms with Crippen molar-refractivity contribution in [2.75, 3.05) is 5.73 Å². The molecule has 0 aliphatic rings. The van der Waals surface area contributed by atoms with E-state index in [-0.39, 0.29) is 30.6 Å². The van der Waals surface area contributed by atoms with Gasteiger partial charge in [0.2, 0.25) is 5.91 Å². The Morgan fingerprint density at radius 1 is 0.900 bits per heavy atom. The quantitative estimate of drug-likeness (QED) is 0.237. The molecule has 1 atom stereocenters. The second kappa shape index (κ2) is 13.3. The number of aromatic hydroxyl groups is 1. The van der Waals surface area contributed by atoms with Gasteiger partial charge in [0.1, 0.15) is 23.0 Å². The van der Waals surface area contributed by atoms with Gasteiger partial charge in [0, 0.05) is 12.1 Å². The van der Waals surface area contributed by atoms with Crippen molar-refractivity contribution in [1.29, 1.82) is 0 Å². The minimum absolute atomic E-state index is 0.0234. The topological polar surface area (TPSA) is 165 Å². The van der Waals surface area contributed by atoms with Gasteiger partial charge in [0.15, 0.2) is 0 Å². The minimum atomic E-state index is -1.23. The predicted molar refractivity (Wildman–Crippen MR) is 150 cm³/mol. The smallest absolute Gasteiger partial charge is 0.335 e. The van der Waals surface area contributed by atoms with Crippen molar-refractivity contribution in [2.24, 2.45) is 0 Å². The molecule has 0 aliphatic heterocycles. The number of anilines is 1. The number of amides is 1. The molecule has 1 amide bonds. The first kappa shape index (κ1) is 32.1. The highest BCUT2D eigenvalue weighted by Crippen LogP contribution is 2.26. The average molecular weight is 557 g/mol. The Morgan fingerprint density at radius 2 is 1.55 bits per heavy atom. The first-order chi connectivity index (χ1) is 18.4. The highest BCUT2D eigenvalue weighted by atomic mass is 16.6. The summed E-state index contributed by atoms with van der Waals surface area (Å²) >= 11 is 0. The van der Waals surface area contributed by atoms with Gasteiger partial charge in [-0.25, -0.2) is 9.59 Å². The first-order valence-electron chi connectivity index (χ1n) is 13.1. The van der Waals surface area contributed by atoms with Gasteiger partial charge < -0.3 is 30.7 Å². The molecule has 5 N–H and O–H groups in total. The third kappa shape index (κ3) is 10.6. The van der Waals surface area contributed by atoms with E-state index in [0.29, 0.717) is 35.2 Å². The van der Waals surface area contributed by atoms with Crippen molar-refractivity contribution in [3.63, 3.8) is 0 Å². The van der Waals surface area contributed by atoms with E-state index in [9.17, 15) is 29.4 Å². The van der Waals surface area contributed by atoms with Crippen molar-refractivity contribution >= 4 is 29.5 Å². The summed E-state index contributed by atoms with van der Waals surface area (Å²) in [6, 6.07) is 8.27. The fraction of sp³-hybridized carbons (Fsp3) is 0.467. The molecule has 0 spiro atoms. The molecule has 0 bridgehead atoms. The fourth-order valence-electron chi connectivity index (χ4n) is 4.06. The highest BCUT2D eigenvalue weighted by Gasteiger charge is 2.30. The van der Waals surface area contributed by atoms with Gasteiger partial charge in [-0.1, -0.05) is 12.1 Å². The number of aromatic carboxylic acids is 1. The van der Waals surface area contributed by atoms with Crippen molar-refractivity contribution in [1.82, 2.24) is 5.32 Å². The van der Waals surface area contributed by atoms with Gasteiger partial charge in [0.25, 0.3) is 0 Å². The molecule has 0 heterocycles. The first-order valence-corrected chi connectivity index (χ1v) is 13.1. The number of nitrogen functional groups attached to an aromatic ring is 1. The van der Waals surface area contributed by atoms with E-state index >= 15 is 0 Å². The summed E-state index contributed by atoms with van der Waals surface area (Å²) in [5.74, 6) is -2.94. The van der Waals surface area contributed by atoms with Gasteiger partial charge in [-0.15, -0.1) is 0 Å². The molecular weight excluding hydrogens is 516 g/mol. The molecule has 2 rings (SSSR count). The van der Waals surface area contributed by atoms with Crippen molar-refractivity contribution < 1.29 is 38.9 Å². The molecular formula is C30H40N2O8. The Balaban J connectivity index is 2.14. The van der Waals surface area contributed by atoms with Crippen LogP contribution in [0.1, 0.15) is 81.4 Å². The Labute approximate surface area is 234 Å². The van der Waals surface area contributed by atoms with Crippen LogP contribution in [-0.4, -0.2) is 51.3 Å². The lowest BCUT2D eigenvalue weighted by atomic mass is 9.94. The molecule has 40 heavy (non-hydrogen) atoms. The molecule has 10 heteroatoms. The molecule has 0 fully saturated rings. The van der Waals surface area contributed by atoms with E-state index < -0.39 is 41.1 Å². The number of hydrogen-bond donors (Lipinski definition) is 4. The Kier molecular flexibility index (Phi) is 10.7. The number of carboxylic acid groups (broad SMARTS) is 1. The maximum Gasteiger partial charge on any atom is 0.335 e. The molecule has 0 aliphatic carbocycles. The number of hydrogen-bond acceptors (Lipinski definition) is 8. The van der Waals surface area contributed by atoms with Crippen LogP contribution >= 0.6 is 0 Å². The highest BCUT2D eigenvalue weighted by molar-refractivity contribution is 5.90. The Morgan fingerprint density at radius 3 is 2.15 bits per heavy atom. The summed E-state index contributed by atoms with van der Waals surface area (Å²) in [5.41, 5.74) is 6.61. The van der Waals surface area contributed by atoms with Crippen molar-refractivity contribution in [2.45, 2.75) is 90.9 Å². The summed E-state index contributed by atoms with van der Waals surface area (Å²) in [7, 11) is 0. The average Bonchev–Trinajstić information content (AvgIpc) is 2.79. The van der Waals surface area contributed by atoms with Crippen LogP contribution in [0.15, 0.2) is 36.4 Å². The monoisotopic (exact) mass is 556 g/mol. The normalized spacial score (nSPS) is 12.3. The lowest BCUT2D eigenvalue weighted by Gasteiger charge is -2.25. The molecule has 2 aromatic rings. The SMILES string of the molecule is CC(C)(C)OC(=O)CC(NC(=O)CCc1cccc(O)c1CCc1cc(N)ccc1C(=O)O)C(=O)OC(C)(C)C. The number of carbonyl (C=O) groups excluding carboxylic acids is 3. The van der Waals surface area contributed by atoms with E-state index in [4.69, 9.17) is 15.2 Å². The molecule has 1 unspecified atom stereocenters. The molecule has 2 aromatic carbocycles. The van der Waals surface area contributed by atoms with Crippen LogP contribution in [0.2, 0.25) is 0 Å². The van der Waals surface area contributed by atoms with Gasteiger partial charge in [-0.05, 0) is 102 Å². The molecule has 10 nitrogen and oxygen atoms in total. The lowest BCUT2D eigenvalue weighted by Crippen LogP contribution is -2.46. The molecule has 0 aromatic heterocycles. The number of aryl methyl sites for hydroxylation is 2. The van der Waals surface area contributed by atoms with Crippen LogP contribution in [0, 0.1) is 0 Å². The summed E-state index contributed by atoms with van der Waals surface area (Å²) < 4.78 is 10.7. The van der Waals surface area contributed by atoms with Crippen LogP contribution in [-0.2, 0) is 43.1 Å². The third-order valence-electron chi connectivity index (χ3n) is 5.69. The Hall–Kier alpha value is -4.08. The van der Waals surface area contributed by atoms with Crippen molar-refractivity contribution in [3.8, 4) is 5.75 Å². The van der Waals surface area contributed by atoms with Gasteiger partial charge in [-0.3, -0.25) is 9.59 Å². The van der Waals surface area contributed by atoms with Crippen LogP contribution in [0.4, 0.5) is 5.69 Å². The number of benzene rings is 2. The zero-order valence-corrected chi connectivity index (χ0v) is 24.0. The van der Waals surface area contributed by atoms with E-state index in [0.717, 1.165) is 0 Å². The van der Waals surface area contributed by atoms with E-state index in [2.05, 4.69) is 5.32 Å². The van der Waals surface area contributed by atoms with Crippen molar-refractivity contribution in [3.05, 3.63) is 58.7 Å². The van der Waals surface area contributed by atoms with Crippen LogP contribution in [0.3, 0.4) is 0 Å². The number of phenolic OH excluding ortho intramolecular Hbond substituents is 1. The van der Waals surface area contributed by atoms with Gasteiger partial charge >= 0.3 is 17.9 Å². The van der Waals surface area contributed by atoms with Crippen LogP contribution in [0.25, 0.3) is 0 Å². The minimum Gasteiger partial charge on any atom is -0.508 e. The third-order valence-corrected chi connectivity index (χ3v) is 5.69. The maximum absolute atomic E-state index is 12.9. The van der Waals surface area contributed by atoms with E-state index in [1.54, 1.807) is 59.7 Å². The van der Waals surface area contributed by atoms with E-state index in [1.165, 1.54) is 18.2 Å². The number of ether oxygens (including phenoxy) is 2. The van der Waals surface area contributed by atoms with Crippen LogP contribution in [0.5, 0.6) is 5.75 Å². The summed E-state index contributed by atoms with van der Waals surface area (Å²) in [4.78, 5) is 49.7. The Bertz CT molecular complexity index is 1240. The number of rotatable bonds is 11. The van der Waals surface area contributed by atoms with Gasteiger partial charge in [-0.2, -0.15) is 0 Å². The number of carboxylic acids is 1. The molecule has 218 valence electrons. The number of carbonyl (C=O) groups is 4. The number of nitrogens with two attached hydrogens (primary N) is 1. The lowest BCUT2D eigenvalue weighted by molar-refractivity contribution is -0.165. The molecule has 0 radical (unpaired) electrons. The van der Waals surface area contributed by atoms with Crippen LogP contribution < -0.4 is 11.1 Å². The van der Waals surface area contributed by atoms with E-state index in [1.807, 2.05) is 0 Å².